The Morgan fingerprint density at radius 1 is 1.19 bits per heavy atom. The van der Waals surface area contributed by atoms with E-state index in [1.165, 1.54) is 28.0 Å². The summed E-state index contributed by atoms with van der Waals surface area (Å²) in [5, 5.41) is 8.91. The van der Waals surface area contributed by atoms with Gasteiger partial charge in [0.05, 0.1) is 0 Å². The van der Waals surface area contributed by atoms with E-state index in [9.17, 15) is 0 Å². The number of halogens is 1. The molecule has 0 fully saturated rings. The fourth-order valence-electron chi connectivity index (χ4n) is 1.48. The van der Waals surface area contributed by atoms with Crippen LogP contribution in [-0.4, -0.2) is 0 Å². The van der Waals surface area contributed by atoms with Crippen molar-refractivity contribution in [3.63, 3.8) is 0 Å². The molecule has 0 radical (unpaired) electrons. The molecular weight excluding hydrogens is 282 g/mol. The van der Waals surface area contributed by atoms with E-state index in [4.69, 9.17) is 5.26 Å². The van der Waals surface area contributed by atoms with E-state index in [-0.39, 0.29) is 0 Å². The Labute approximate surface area is 107 Å². The summed E-state index contributed by atoms with van der Waals surface area (Å²) in [5.41, 5.74) is 3.75. The summed E-state index contributed by atoms with van der Waals surface area (Å²) in [6.45, 7) is 4.21. The molecule has 0 unspecified atom stereocenters. The van der Waals surface area contributed by atoms with Gasteiger partial charge in [0.25, 0.3) is 0 Å². The highest BCUT2D eigenvalue weighted by Gasteiger charge is 2.08. The highest BCUT2D eigenvalue weighted by Crippen LogP contribution is 2.34. The van der Waals surface area contributed by atoms with Crippen molar-refractivity contribution in [2.24, 2.45) is 0 Å². The molecule has 0 aliphatic rings. The highest BCUT2D eigenvalue weighted by atomic mass is 79.9. The van der Waals surface area contributed by atoms with E-state index < -0.39 is 0 Å². The van der Waals surface area contributed by atoms with Gasteiger partial charge in [-0.15, -0.1) is 11.3 Å². The van der Waals surface area contributed by atoms with Gasteiger partial charge in [0.1, 0.15) is 10.9 Å². The number of rotatable bonds is 1. The quantitative estimate of drug-likeness (QED) is 0.749. The van der Waals surface area contributed by atoms with Crippen LogP contribution >= 0.6 is 27.3 Å². The van der Waals surface area contributed by atoms with Crippen LogP contribution in [0.4, 0.5) is 0 Å². The summed E-state index contributed by atoms with van der Waals surface area (Å²) in [6.07, 6.45) is 0. The molecule has 1 aromatic heterocycles. The Morgan fingerprint density at radius 3 is 2.50 bits per heavy atom. The molecule has 0 aliphatic carbocycles. The van der Waals surface area contributed by atoms with Crippen molar-refractivity contribution in [3.05, 3.63) is 44.7 Å². The lowest BCUT2D eigenvalue weighted by atomic mass is 10.1. The van der Waals surface area contributed by atoms with Crippen LogP contribution in [0.3, 0.4) is 0 Å². The monoisotopic (exact) mass is 291 g/mol. The number of aryl methyl sites for hydroxylation is 2. The second-order valence-corrected chi connectivity index (χ2v) is 5.61. The van der Waals surface area contributed by atoms with E-state index in [1.54, 1.807) is 0 Å². The third kappa shape index (κ3) is 2.04. The van der Waals surface area contributed by atoms with Crippen LogP contribution in [0.5, 0.6) is 0 Å². The summed E-state index contributed by atoms with van der Waals surface area (Å²) in [4.78, 5) is 1.86. The molecular formula is C13H10BrNS. The Morgan fingerprint density at radius 2 is 1.94 bits per heavy atom. The second-order valence-electron chi connectivity index (χ2n) is 3.70. The number of thiophene rings is 1. The van der Waals surface area contributed by atoms with Gasteiger partial charge in [-0.1, -0.05) is 18.2 Å². The third-order valence-corrected chi connectivity index (χ3v) is 4.56. The van der Waals surface area contributed by atoms with Crippen LogP contribution in [0.1, 0.15) is 16.0 Å². The molecule has 0 spiro atoms. The molecule has 0 bridgehead atoms. The molecule has 0 N–H and O–H groups in total. The maximum atomic E-state index is 8.91. The van der Waals surface area contributed by atoms with Crippen LogP contribution in [-0.2, 0) is 0 Å². The van der Waals surface area contributed by atoms with Crippen molar-refractivity contribution in [1.82, 2.24) is 0 Å². The predicted octanol–water partition coefficient (Wildman–Crippen LogP) is 4.67. The Balaban J connectivity index is 2.51. The van der Waals surface area contributed by atoms with Crippen LogP contribution in [0.15, 0.2) is 28.7 Å². The third-order valence-electron chi connectivity index (χ3n) is 2.58. The lowest BCUT2D eigenvalue weighted by Crippen LogP contribution is -1.80. The maximum Gasteiger partial charge on any atom is 0.119 e. The summed E-state index contributed by atoms with van der Waals surface area (Å²) in [5.74, 6) is 0. The van der Waals surface area contributed by atoms with Gasteiger partial charge in [-0.25, -0.2) is 0 Å². The van der Waals surface area contributed by atoms with Crippen LogP contribution in [0.25, 0.3) is 10.4 Å². The Bertz CT molecular complexity index is 578. The number of benzene rings is 1. The summed E-state index contributed by atoms with van der Waals surface area (Å²) in [6, 6.07) is 10.6. The predicted molar refractivity (Wildman–Crippen MR) is 71.6 cm³/mol. The molecule has 3 heteroatoms. The first-order valence-electron chi connectivity index (χ1n) is 4.89. The molecule has 16 heavy (non-hydrogen) atoms. The lowest BCUT2D eigenvalue weighted by molar-refractivity contribution is 1.34. The van der Waals surface area contributed by atoms with E-state index in [2.05, 4.69) is 54.0 Å². The zero-order valence-corrected chi connectivity index (χ0v) is 11.4. The Hall–Kier alpha value is -1.11. The van der Waals surface area contributed by atoms with Gasteiger partial charge in [0, 0.05) is 9.35 Å². The fraction of sp³-hybridized carbons (Fsp3) is 0.154. The van der Waals surface area contributed by atoms with Crippen LogP contribution in [0, 0.1) is 25.2 Å². The highest BCUT2D eigenvalue weighted by molar-refractivity contribution is 9.10. The van der Waals surface area contributed by atoms with Crippen molar-refractivity contribution in [2.75, 3.05) is 0 Å². The first-order chi connectivity index (χ1) is 7.61. The minimum atomic E-state index is 0.730. The van der Waals surface area contributed by atoms with Gasteiger partial charge in [0.15, 0.2) is 0 Å². The standard InChI is InChI=1S/C13H10BrNS/c1-8-3-4-10(5-9(8)2)12-6-11(14)13(7-15)16-12/h3-6H,1-2H3. The average Bonchev–Trinajstić information content (AvgIpc) is 2.64. The van der Waals surface area contributed by atoms with Crippen molar-refractivity contribution in [1.29, 1.82) is 5.26 Å². The fourth-order valence-corrected chi connectivity index (χ4v) is 3.04. The molecule has 0 saturated carbocycles. The van der Waals surface area contributed by atoms with E-state index >= 15 is 0 Å². The van der Waals surface area contributed by atoms with Gasteiger partial charge < -0.3 is 0 Å². The molecule has 0 aliphatic heterocycles. The summed E-state index contributed by atoms with van der Waals surface area (Å²) < 4.78 is 0.883. The van der Waals surface area contributed by atoms with E-state index in [0.29, 0.717) is 0 Å². The number of nitrogens with zero attached hydrogens (tertiary/aromatic N) is 1. The normalized spacial score (nSPS) is 10.1. The Kier molecular flexibility index (Phi) is 3.13. The van der Waals surface area contributed by atoms with Crippen molar-refractivity contribution >= 4 is 27.3 Å². The number of hydrogen-bond donors (Lipinski definition) is 0. The molecule has 1 aromatic carbocycles. The molecule has 0 amide bonds. The van der Waals surface area contributed by atoms with E-state index in [0.717, 1.165) is 14.2 Å². The van der Waals surface area contributed by atoms with Gasteiger partial charge in [-0.2, -0.15) is 5.26 Å². The average molecular weight is 292 g/mol. The topological polar surface area (TPSA) is 23.8 Å². The molecule has 1 nitrogen and oxygen atoms in total. The molecule has 1 heterocycles. The van der Waals surface area contributed by atoms with Gasteiger partial charge >= 0.3 is 0 Å². The second kappa shape index (κ2) is 4.40. The number of hydrogen-bond acceptors (Lipinski definition) is 2. The van der Waals surface area contributed by atoms with E-state index in [1.807, 2.05) is 6.07 Å². The van der Waals surface area contributed by atoms with Crippen LogP contribution in [0.2, 0.25) is 0 Å². The maximum absolute atomic E-state index is 8.91. The summed E-state index contributed by atoms with van der Waals surface area (Å²) in [7, 11) is 0. The van der Waals surface area contributed by atoms with Crippen LogP contribution < -0.4 is 0 Å². The molecule has 0 atom stereocenters. The minimum Gasteiger partial charge on any atom is -0.191 e. The molecule has 80 valence electrons. The van der Waals surface area contributed by atoms with Crippen molar-refractivity contribution < 1.29 is 0 Å². The molecule has 2 rings (SSSR count). The SMILES string of the molecule is Cc1ccc(-c2cc(Br)c(C#N)s2)cc1C. The zero-order chi connectivity index (χ0) is 11.7. The number of nitriles is 1. The van der Waals surface area contributed by atoms with Crippen molar-refractivity contribution in [3.8, 4) is 16.5 Å². The van der Waals surface area contributed by atoms with Gasteiger partial charge in [-0.3, -0.25) is 0 Å². The smallest absolute Gasteiger partial charge is 0.119 e. The van der Waals surface area contributed by atoms with Gasteiger partial charge in [-0.05, 0) is 52.5 Å². The minimum absolute atomic E-state index is 0.730. The summed E-state index contributed by atoms with van der Waals surface area (Å²) >= 11 is 4.91. The first-order valence-corrected chi connectivity index (χ1v) is 6.50. The van der Waals surface area contributed by atoms with Crippen molar-refractivity contribution in [2.45, 2.75) is 13.8 Å². The molecule has 0 saturated heterocycles. The molecule has 2 aromatic rings. The van der Waals surface area contributed by atoms with Gasteiger partial charge in [0.2, 0.25) is 0 Å². The zero-order valence-electron chi connectivity index (χ0n) is 9.04. The lowest BCUT2D eigenvalue weighted by Gasteiger charge is -2.02. The largest absolute Gasteiger partial charge is 0.191 e. The first kappa shape index (κ1) is 11.4.